The standard InChI is InChI=1S/C33H51N5O7S/c1-8-9-13-21(24(39)26(34)40)35-27(41)23-22-20(33(22)16-17-33)18-38(23)28(42)25(30(2,3)4)36-29(43)37-32(14-11-10-12-15-32)19-46(44,45)31(5,6)7/h1,20-23,25H,9-19H2,2-7H3,(H2,34,40)(H,35,41)(H2,36,37,43)/t20-,21?,22-,23-,25+/m0/s1. The number of nitrogens with zero attached hydrogens (tertiary/aromatic N) is 1. The van der Waals surface area contributed by atoms with Crippen molar-refractivity contribution in [3.05, 3.63) is 0 Å². The predicted octanol–water partition coefficient (Wildman–Crippen LogP) is 1.81. The van der Waals surface area contributed by atoms with Crippen LogP contribution in [0.15, 0.2) is 0 Å². The first kappa shape index (κ1) is 35.7. The average molecular weight is 662 g/mol. The number of urea groups is 1. The maximum atomic E-state index is 14.3. The monoisotopic (exact) mass is 661 g/mol. The average Bonchev–Trinajstić information content (AvgIpc) is 3.80. The van der Waals surface area contributed by atoms with Crippen molar-refractivity contribution in [2.75, 3.05) is 12.3 Å². The Balaban J connectivity index is 1.55. The highest BCUT2D eigenvalue weighted by molar-refractivity contribution is 7.92. The second-order valence-corrected chi connectivity index (χ2v) is 18.7. The molecule has 46 heavy (non-hydrogen) atoms. The van der Waals surface area contributed by atoms with Crippen LogP contribution in [0, 0.1) is 35.0 Å². The minimum atomic E-state index is -3.56. The maximum Gasteiger partial charge on any atom is 0.315 e. The van der Waals surface area contributed by atoms with E-state index in [9.17, 15) is 32.4 Å². The molecule has 4 rings (SSSR count). The van der Waals surface area contributed by atoms with E-state index in [4.69, 9.17) is 12.2 Å². The number of carbonyl (C=O) groups is 5. The molecule has 0 aromatic rings. The van der Waals surface area contributed by atoms with E-state index >= 15 is 0 Å². The molecule has 256 valence electrons. The number of hydrogen-bond acceptors (Lipinski definition) is 7. The van der Waals surface area contributed by atoms with E-state index in [1.807, 2.05) is 20.8 Å². The van der Waals surface area contributed by atoms with Crippen LogP contribution in [-0.4, -0.2) is 83.6 Å². The number of ketones is 1. The van der Waals surface area contributed by atoms with Crippen LogP contribution >= 0.6 is 0 Å². The number of carbonyl (C=O) groups excluding carboxylic acids is 5. The van der Waals surface area contributed by atoms with Gasteiger partial charge in [0, 0.05) is 13.0 Å². The first-order valence-electron chi connectivity index (χ1n) is 16.4. The summed E-state index contributed by atoms with van der Waals surface area (Å²) in [5.74, 6) is -0.876. The number of amides is 5. The van der Waals surface area contributed by atoms with Crippen LogP contribution in [0.2, 0.25) is 0 Å². The third-order valence-electron chi connectivity index (χ3n) is 10.6. The molecule has 1 aliphatic heterocycles. The molecule has 4 fully saturated rings. The molecule has 1 unspecified atom stereocenters. The summed E-state index contributed by atoms with van der Waals surface area (Å²) in [7, 11) is -3.56. The molecule has 13 heteroatoms. The van der Waals surface area contributed by atoms with E-state index in [1.165, 1.54) is 4.90 Å². The zero-order valence-corrected chi connectivity index (χ0v) is 28.8. The van der Waals surface area contributed by atoms with Crippen LogP contribution in [-0.2, 0) is 29.0 Å². The van der Waals surface area contributed by atoms with Crippen LogP contribution in [0.5, 0.6) is 0 Å². The number of hydrogen-bond donors (Lipinski definition) is 4. The minimum absolute atomic E-state index is 0.00867. The summed E-state index contributed by atoms with van der Waals surface area (Å²) in [6.45, 7) is 10.7. The van der Waals surface area contributed by atoms with Gasteiger partial charge in [-0.1, -0.05) is 40.0 Å². The van der Waals surface area contributed by atoms with Crippen LogP contribution in [0.3, 0.4) is 0 Å². The number of fused-ring (bicyclic) bond motifs is 3. The van der Waals surface area contributed by atoms with Gasteiger partial charge >= 0.3 is 6.03 Å². The number of terminal acetylenes is 1. The molecular weight excluding hydrogens is 610 g/mol. The summed E-state index contributed by atoms with van der Waals surface area (Å²) in [5.41, 5.74) is 3.51. The Morgan fingerprint density at radius 3 is 2.09 bits per heavy atom. The lowest BCUT2D eigenvalue weighted by Gasteiger charge is -2.41. The summed E-state index contributed by atoms with van der Waals surface area (Å²) in [5, 5.41) is 8.49. The molecule has 1 heterocycles. The Morgan fingerprint density at radius 2 is 1.59 bits per heavy atom. The van der Waals surface area contributed by atoms with Gasteiger partial charge in [-0.2, -0.15) is 0 Å². The van der Waals surface area contributed by atoms with Crippen LogP contribution in [0.1, 0.15) is 99.3 Å². The number of nitrogens with one attached hydrogen (secondary N) is 3. The first-order valence-corrected chi connectivity index (χ1v) is 18.0. The molecular formula is C33H51N5O7S. The van der Waals surface area contributed by atoms with E-state index in [0.29, 0.717) is 19.4 Å². The second-order valence-electron chi connectivity index (χ2n) is 15.9. The molecule has 1 saturated heterocycles. The van der Waals surface area contributed by atoms with E-state index in [2.05, 4.69) is 21.9 Å². The molecule has 0 bridgehead atoms. The highest BCUT2D eigenvalue weighted by Crippen LogP contribution is 2.78. The van der Waals surface area contributed by atoms with Crippen molar-refractivity contribution in [1.29, 1.82) is 0 Å². The largest absolute Gasteiger partial charge is 0.363 e. The fraction of sp³-hybridized carbons (Fsp3) is 0.788. The molecule has 5 N–H and O–H groups in total. The number of sulfone groups is 1. The van der Waals surface area contributed by atoms with Crippen LogP contribution in [0.4, 0.5) is 4.79 Å². The fourth-order valence-corrected chi connectivity index (χ4v) is 9.12. The normalized spacial score (nSPS) is 25.8. The Kier molecular flexibility index (Phi) is 9.68. The number of Topliss-reactive ketones (excluding diaryl/α,β-unsaturated/α-hetero) is 1. The number of nitrogens with two attached hydrogens (primary N) is 1. The van der Waals surface area contributed by atoms with Crippen molar-refractivity contribution in [3.8, 4) is 12.3 Å². The van der Waals surface area contributed by atoms with Gasteiger partial charge in [0.05, 0.1) is 22.1 Å². The lowest BCUT2D eigenvalue weighted by atomic mass is 9.83. The minimum Gasteiger partial charge on any atom is -0.363 e. The van der Waals surface area contributed by atoms with E-state index < -0.39 is 73.2 Å². The van der Waals surface area contributed by atoms with Gasteiger partial charge in [-0.15, -0.1) is 12.3 Å². The highest BCUT2D eigenvalue weighted by Gasteiger charge is 2.79. The molecule has 5 amide bonds. The fourth-order valence-electron chi connectivity index (χ4n) is 7.60. The molecule has 3 aliphatic carbocycles. The SMILES string of the molecule is C#CCCC(NC(=O)[C@@H]1[C@@H]2[C@H](CN1C(=O)[C@@H](NC(=O)NC1(CS(=O)(=O)C(C)(C)C)CCCCC1)C(C)(C)C)C21CC1)C(=O)C(N)=O. The van der Waals surface area contributed by atoms with E-state index in [1.54, 1.807) is 20.8 Å². The van der Waals surface area contributed by atoms with Crippen molar-refractivity contribution in [1.82, 2.24) is 20.9 Å². The lowest BCUT2D eigenvalue weighted by Crippen LogP contribution is -2.64. The molecule has 0 radical (unpaired) electrons. The van der Waals surface area contributed by atoms with Gasteiger partial charge in [-0.05, 0) is 75.5 Å². The zero-order valence-electron chi connectivity index (χ0n) is 28.0. The van der Waals surface area contributed by atoms with Crippen LogP contribution in [0.25, 0.3) is 0 Å². The van der Waals surface area contributed by atoms with E-state index in [-0.39, 0.29) is 35.8 Å². The van der Waals surface area contributed by atoms with Crippen molar-refractivity contribution >= 4 is 39.4 Å². The van der Waals surface area contributed by atoms with Gasteiger partial charge in [0.25, 0.3) is 5.91 Å². The van der Waals surface area contributed by atoms with Gasteiger partial charge < -0.3 is 26.6 Å². The number of likely N-dealkylation sites (tertiary alicyclic amines) is 1. The van der Waals surface area contributed by atoms with Gasteiger partial charge in [0.2, 0.25) is 17.6 Å². The Bertz CT molecular complexity index is 1410. The lowest BCUT2D eigenvalue weighted by molar-refractivity contribution is -0.144. The van der Waals surface area contributed by atoms with Crippen molar-refractivity contribution in [2.45, 2.75) is 128 Å². The molecule has 4 aliphatic rings. The maximum absolute atomic E-state index is 14.3. The number of primary amides is 1. The Morgan fingerprint density at radius 1 is 0.978 bits per heavy atom. The number of piperidine rings is 1. The summed E-state index contributed by atoms with van der Waals surface area (Å²) < 4.78 is 25.5. The summed E-state index contributed by atoms with van der Waals surface area (Å²) in [4.78, 5) is 67.5. The molecule has 5 atom stereocenters. The quantitative estimate of drug-likeness (QED) is 0.192. The third-order valence-corrected chi connectivity index (χ3v) is 13.4. The highest BCUT2D eigenvalue weighted by atomic mass is 32.2. The summed E-state index contributed by atoms with van der Waals surface area (Å²) >= 11 is 0. The smallest absolute Gasteiger partial charge is 0.315 e. The van der Waals surface area contributed by atoms with E-state index in [0.717, 1.165) is 32.1 Å². The molecule has 0 aromatic heterocycles. The summed E-state index contributed by atoms with van der Waals surface area (Å²) in [6, 6.07) is -3.76. The molecule has 12 nitrogen and oxygen atoms in total. The number of rotatable bonds is 11. The van der Waals surface area contributed by atoms with Gasteiger partial charge in [0.1, 0.15) is 12.1 Å². The van der Waals surface area contributed by atoms with Crippen LogP contribution < -0.4 is 21.7 Å². The van der Waals surface area contributed by atoms with Crippen molar-refractivity contribution in [3.63, 3.8) is 0 Å². The van der Waals surface area contributed by atoms with Gasteiger partial charge in [0.15, 0.2) is 9.84 Å². The molecule has 0 aromatic carbocycles. The second kappa shape index (κ2) is 12.5. The Labute approximate surface area is 273 Å². The zero-order chi connectivity index (χ0) is 34.5. The van der Waals surface area contributed by atoms with Gasteiger partial charge in [-0.25, -0.2) is 13.2 Å². The predicted molar refractivity (Wildman–Crippen MR) is 173 cm³/mol. The molecule has 3 saturated carbocycles. The van der Waals surface area contributed by atoms with Crippen molar-refractivity contribution in [2.24, 2.45) is 28.4 Å². The van der Waals surface area contributed by atoms with Gasteiger partial charge in [-0.3, -0.25) is 19.2 Å². The summed E-state index contributed by atoms with van der Waals surface area (Å²) in [6.07, 6.45) is 10.9. The first-order chi connectivity index (χ1) is 21.2. The molecule has 1 spiro atoms. The Hall–Kier alpha value is -3.14. The van der Waals surface area contributed by atoms with Crippen molar-refractivity contribution < 1.29 is 32.4 Å². The third kappa shape index (κ3) is 7.06. The topological polar surface area (TPSA) is 185 Å².